The smallest absolute Gasteiger partial charge is 0.508 e. The maximum Gasteiger partial charge on any atom is 0.536 e. The summed E-state index contributed by atoms with van der Waals surface area (Å²) in [5.74, 6) is 0.279. The van der Waals surface area contributed by atoms with E-state index in [-0.39, 0.29) is 17.2 Å². The summed E-state index contributed by atoms with van der Waals surface area (Å²) in [5, 5.41) is 17.3. The van der Waals surface area contributed by atoms with Crippen molar-refractivity contribution in [2.45, 2.75) is 52.4 Å². The first-order valence-electron chi connectivity index (χ1n) is 9.23. The van der Waals surface area contributed by atoms with Crippen LogP contribution in [0, 0.1) is 0 Å². The van der Waals surface area contributed by atoms with Crippen molar-refractivity contribution < 1.29 is 42.9 Å². The fourth-order valence-electron chi connectivity index (χ4n) is 2.58. The largest absolute Gasteiger partial charge is 0.536 e. The highest BCUT2D eigenvalue weighted by Gasteiger charge is 2.37. The van der Waals surface area contributed by atoms with Crippen LogP contribution in [0.3, 0.4) is 0 Å². The number of hydrogen-bond donors (Lipinski definition) is 5. The lowest BCUT2D eigenvalue weighted by Gasteiger charge is -2.29. The third-order valence-corrected chi connectivity index (χ3v) is 5.97. The lowest BCUT2D eigenvalue weighted by atomic mass is 9.80. The molecule has 174 valence electrons. The lowest BCUT2D eigenvalue weighted by Crippen LogP contribution is -2.19. The molecule has 0 saturated heterocycles. The second kappa shape index (κ2) is 9.74. The molecular formula is C20H30O9P2. The molecule has 0 aliphatic carbocycles. The molecule has 0 fully saturated rings. The van der Waals surface area contributed by atoms with Gasteiger partial charge in [0.05, 0.1) is 0 Å². The van der Waals surface area contributed by atoms with E-state index < -0.39 is 26.5 Å². The normalized spacial score (nSPS) is 14.2. The number of phosphoric ester groups is 1. The van der Waals surface area contributed by atoms with Crippen molar-refractivity contribution in [3.63, 3.8) is 0 Å². The Kier molecular flexibility index (Phi) is 8.53. The molecular weight excluding hydrogens is 446 g/mol. The fraction of sp³-hybridized carbons (Fsp3) is 0.400. The second-order valence-corrected chi connectivity index (χ2v) is 11.6. The number of hydrogen-bond acceptors (Lipinski definition) is 6. The number of phenols is 2. The maximum absolute atomic E-state index is 12.0. The van der Waals surface area contributed by atoms with Crippen molar-refractivity contribution >= 4 is 15.6 Å². The molecule has 9 nitrogen and oxygen atoms in total. The Hall–Kier alpha value is -1.86. The zero-order valence-electron chi connectivity index (χ0n) is 18.3. The molecule has 5 N–H and O–H groups in total. The first-order chi connectivity index (χ1) is 13.8. The Morgan fingerprint density at radius 3 is 1.42 bits per heavy atom. The second-order valence-electron chi connectivity index (χ2n) is 8.83. The molecule has 31 heavy (non-hydrogen) atoms. The van der Waals surface area contributed by atoms with Gasteiger partial charge < -0.3 is 24.5 Å². The third kappa shape index (κ3) is 9.44. The van der Waals surface area contributed by atoms with Crippen LogP contribution >= 0.6 is 15.6 Å². The van der Waals surface area contributed by atoms with E-state index >= 15 is 0 Å². The molecule has 0 saturated carbocycles. The highest BCUT2D eigenvalue weighted by molar-refractivity contribution is 7.60. The number of para-hydroxylation sites is 1. The fourth-order valence-corrected chi connectivity index (χ4v) is 4.21. The molecule has 0 amide bonds. The molecule has 0 spiro atoms. The van der Waals surface area contributed by atoms with Gasteiger partial charge in [-0.05, 0) is 23.0 Å². The van der Waals surface area contributed by atoms with E-state index in [1.165, 1.54) is 18.2 Å². The summed E-state index contributed by atoms with van der Waals surface area (Å²) in [5.41, 5.74) is 0.430. The first kappa shape index (κ1) is 27.2. The van der Waals surface area contributed by atoms with E-state index in [2.05, 4.69) is 4.31 Å². The zero-order valence-corrected chi connectivity index (χ0v) is 20.1. The Morgan fingerprint density at radius 2 is 1.13 bits per heavy atom. The molecule has 2 aromatic carbocycles. The van der Waals surface area contributed by atoms with E-state index in [1.807, 2.05) is 41.5 Å². The lowest BCUT2D eigenvalue weighted by molar-refractivity contribution is 0.227. The van der Waals surface area contributed by atoms with Crippen molar-refractivity contribution in [2.75, 3.05) is 0 Å². The molecule has 0 heterocycles. The van der Waals surface area contributed by atoms with Gasteiger partial charge in [-0.25, -0.2) is 9.13 Å². The quantitative estimate of drug-likeness (QED) is 0.385. The van der Waals surface area contributed by atoms with Crippen molar-refractivity contribution in [2.24, 2.45) is 0 Å². The van der Waals surface area contributed by atoms with Crippen LogP contribution in [0.1, 0.15) is 52.7 Å². The monoisotopic (exact) mass is 476 g/mol. The number of phenolic OH excluding ortho intramolecular Hbond substituents is 2. The maximum atomic E-state index is 12.0. The summed E-state index contributed by atoms with van der Waals surface area (Å²) in [6.45, 7) is 11.4. The molecule has 2 aromatic rings. The molecule has 0 radical (unpaired) electrons. The summed E-state index contributed by atoms with van der Waals surface area (Å²) < 4.78 is 31.8. The van der Waals surface area contributed by atoms with E-state index in [0.717, 1.165) is 0 Å². The molecule has 2 rings (SSSR count). The van der Waals surface area contributed by atoms with Crippen molar-refractivity contribution in [3.05, 3.63) is 53.6 Å². The van der Waals surface area contributed by atoms with Crippen LogP contribution in [0.25, 0.3) is 0 Å². The number of rotatable bonds is 4. The van der Waals surface area contributed by atoms with Gasteiger partial charge in [-0.3, -0.25) is 4.89 Å². The van der Waals surface area contributed by atoms with E-state index in [9.17, 15) is 14.0 Å². The van der Waals surface area contributed by atoms with E-state index in [1.54, 1.807) is 24.3 Å². The summed E-state index contributed by atoms with van der Waals surface area (Å²) in [4.78, 5) is 27.2. The predicted octanol–water partition coefficient (Wildman–Crippen LogP) is 4.97. The van der Waals surface area contributed by atoms with Gasteiger partial charge in [-0.1, -0.05) is 65.8 Å². The van der Waals surface area contributed by atoms with Crippen molar-refractivity contribution in [1.29, 1.82) is 0 Å². The van der Waals surface area contributed by atoms with E-state index in [0.29, 0.717) is 11.1 Å². The third-order valence-electron chi connectivity index (χ3n) is 3.88. The molecule has 0 aliphatic heterocycles. The van der Waals surface area contributed by atoms with Crippen LogP contribution in [0.15, 0.2) is 42.5 Å². The standard InChI is InChI=1S/C14H24O7P2.C6H6O2/c1-13(2,3)10-8-7-9-11(14(4,5)6)12(10)20-23(18,19)21-22(15,16)17;7-5-2-1-3-6(8)4-5/h7-9H,1-6H3,(H,18,19)(H2,15,16,17);1-4,7-8H. The van der Waals surface area contributed by atoms with Crippen molar-refractivity contribution in [3.8, 4) is 17.2 Å². The van der Waals surface area contributed by atoms with Gasteiger partial charge in [-0.2, -0.15) is 4.31 Å². The molecule has 11 heteroatoms. The Labute approximate surface area is 182 Å². The average molecular weight is 476 g/mol. The van der Waals surface area contributed by atoms with Crippen molar-refractivity contribution in [1.82, 2.24) is 0 Å². The van der Waals surface area contributed by atoms with Gasteiger partial charge in [0.25, 0.3) is 0 Å². The molecule has 0 aliphatic rings. The average Bonchev–Trinajstić information content (AvgIpc) is 2.50. The summed E-state index contributed by atoms with van der Waals surface area (Å²) in [7, 11) is -10.2. The Bertz CT molecular complexity index is 935. The number of aromatic hydroxyl groups is 2. The predicted molar refractivity (Wildman–Crippen MR) is 117 cm³/mol. The SMILES string of the molecule is CC(C)(C)c1cccc(C(C)(C)C)c1OP(=O)(O)OP(=O)(O)O.Oc1cccc(O)c1. The molecule has 1 atom stereocenters. The van der Waals surface area contributed by atoms with Crippen LogP contribution in [0.2, 0.25) is 0 Å². The van der Waals surface area contributed by atoms with Gasteiger partial charge in [0, 0.05) is 17.2 Å². The van der Waals surface area contributed by atoms with Crippen LogP contribution < -0.4 is 4.52 Å². The topological polar surface area (TPSA) is 154 Å². The van der Waals surface area contributed by atoms with Crippen LogP contribution in [0.5, 0.6) is 17.2 Å². The number of benzene rings is 2. The molecule has 0 aromatic heterocycles. The van der Waals surface area contributed by atoms with Crippen LogP contribution in [0.4, 0.5) is 0 Å². The van der Waals surface area contributed by atoms with Crippen LogP contribution in [-0.4, -0.2) is 24.9 Å². The van der Waals surface area contributed by atoms with Gasteiger partial charge in [0.2, 0.25) is 0 Å². The molecule has 0 bridgehead atoms. The summed E-state index contributed by atoms with van der Waals surface area (Å²) >= 11 is 0. The minimum absolute atomic E-state index is 0.0880. The Balaban J connectivity index is 0.000000500. The minimum atomic E-state index is -5.17. The van der Waals surface area contributed by atoms with Gasteiger partial charge >= 0.3 is 15.6 Å². The highest BCUT2D eigenvalue weighted by atomic mass is 31.3. The van der Waals surface area contributed by atoms with Gasteiger partial charge in [0.1, 0.15) is 17.2 Å². The first-order valence-corrected chi connectivity index (χ1v) is 12.3. The van der Waals surface area contributed by atoms with Gasteiger partial charge in [0.15, 0.2) is 0 Å². The number of phosphoric acid groups is 2. The highest BCUT2D eigenvalue weighted by Crippen LogP contribution is 2.59. The summed E-state index contributed by atoms with van der Waals surface area (Å²) in [6.07, 6.45) is 0. The van der Waals surface area contributed by atoms with Crippen LogP contribution in [-0.2, 0) is 24.3 Å². The molecule has 1 unspecified atom stereocenters. The van der Waals surface area contributed by atoms with E-state index in [4.69, 9.17) is 24.5 Å². The Morgan fingerprint density at radius 1 is 0.742 bits per heavy atom. The van der Waals surface area contributed by atoms with Gasteiger partial charge in [-0.15, -0.1) is 0 Å². The summed E-state index contributed by atoms with van der Waals surface area (Å²) in [6, 6.07) is 11.1. The zero-order chi connectivity index (χ0) is 24.3. The minimum Gasteiger partial charge on any atom is -0.508 e.